The van der Waals surface area contributed by atoms with Gasteiger partial charge in [-0.3, -0.25) is 14.5 Å². The Morgan fingerprint density at radius 3 is 2.81 bits per heavy atom. The van der Waals surface area contributed by atoms with Crippen LogP contribution in [0.3, 0.4) is 0 Å². The predicted octanol–water partition coefficient (Wildman–Crippen LogP) is 2.48. The standard InChI is InChI=1S/C16H12N4O/c1-20-9-12(8-18-20)10-2-4-14-13(6-10)16-11(7-17-14)3-5-15(21)19-16/h2-9H,1H3,(H,19,21). The zero-order valence-corrected chi connectivity index (χ0v) is 11.4. The lowest BCUT2D eigenvalue weighted by Crippen LogP contribution is -2.03. The Kier molecular flexibility index (Phi) is 2.41. The fraction of sp³-hybridized carbons (Fsp3) is 0.0625. The molecule has 3 heterocycles. The average Bonchev–Trinajstić information content (AvgIpc) is 2.93. The molecule has 102 valence electrons. The second-order valence-electron chi connectivity index (χ2n) is 5.05. The van der Waals surface area contributed by atoms with Gasteiger partial charge in [0.2, 0.25) is 5.56 Å². The van der Waals surface area contributed by atoms with Crippen molar-refractivity contribution in [3.05, 3.63) is 59.3 Å². The molecule has 0 aliphatic heterocycles. The molecule has 0 saturated heterocycles. The van der Waals surface area contributed by atoms with E-state index >= 15 is 0 Å². The minimum atomic E-state index is -0.109. The van der Waals surface area contributed by atoms with Gasteiger partial charge in [-0.2, -0.15) is 5.10 Å². The Morgan fingerprint density at radius 2 is 2.00 bits per heavy atom. The number of rotatable bonds is 1. The summed E-state index contributed by atoms with van der Waals surface area (Å²) >= 11 is 0. The molecule has 0 aliphatic carbocycles. The molecule has 0 bridgehead atoms. The van der Waals surface area contributed by atoms with E-state index in [0.717, 1.165) is 32.9 Å². The van der Waals surface area contributed by atoms with Crippen molar-refractivity contribution in [1.29, 1.82) is 0 Å². The van der Waals surface area contributed by atoms with Gasteiger partial charge in [0.1, 0.15) is 0 Å². The summed E-state index contributed by atoms with van der Waals surface area (Å²) in [5, 5.41) is 6.05. The van der Waals surface area contributed by atoms with E-state index in [9.17, 15) is 4.79 Å². The predicted molar refractivity (Wildman–Crippen MR) is 82.1 cm³/mol. The number of fused-ring (bicyclic) bond motifs is 3. The third-order valence-corrected chi connectivity index (χ3v) is 3.60. The number of pyridine rings is 2. The number of benzene rings is 1. The van der Waals surface area contributed by atoms with Gasteiger partial charge >= 0.3 is 0 Å². The van der Waals surface area contributed by atoms with Crippen molar-refractivity contribution in [1.82, 2.24) is 19.7 Å². The first-order chi connectivity index (χ1) is 10.2. The smallest absolute Gasteiger partial charge is 0.248 e. The second kappa shape index (κ2) is 4.28. The molecule has 0 fully saturated rings. The molecule has 1 aromatic carbocycles. The number of aryl methyl sites for hydroxylation is 1. The summed E-state index contributed by atoms with van der Waals surface area (Å²) in [4.78, 5) is 18.9. The van der Waals surface area contributed by atoms with Crippen LogP contribution in [0.25, 0.3) is 32.9 Å². The Bertz CT molecular complexity index is 1030. The highest BCUT2D eigenvalue weighted by Gasteiger charge is 2.06. The maximum Gasteiger partial charge on any atom is 0.248 e. The van der Waals surface area contributed by atoms with Crippen LogP contribution in [0.2, 0.25) is 0 Å². The van der Waals surface area contributed by atoms with Crippen LogP contribution in [0.15, 0.2) is 53.7 Å². The zero-order chi connectivity index (χ0) is 14.4. The number of hydrogen-bond acceptors (Lipinski definition) is 3. The van der Waals surface area contributed by atoms with Crippen LogP contribution in [-0.2, 0) is 7.05 Å². The molecule has 0 spiro atoms. The van der Waals surface area contributed by atoms with Crippen LogP contribution in [0.5, 0.6) is 0 Å². The van der Waals surface area contributed by atoms with E-state index in [4.69, 9.17) is 0 Å². The summed E-state index contributed by atoms with van der Waals surface area (Å²) in [6, 6.07) is 9.32. The SMILES string of the molecule is Cn1cc(-c2ccc3ncc4ccc(=O)[nH]c4c3c2)cn1. The normalized spacial score (nSPS) is 11.3. The van der Waals surface area contributed by atoms with Crippen molar-refractivity contribution >= 4 is 21.8 Å². The first kappa shape index (κ1) is 11.8. The van der Waals surface area contributed by atoms with Crippen molar-refractivity contribution in [2.75, 3.05) is 0 Å². The van der Waals surface area contributed by atoms with E-state index in [1.54, 1.807) is 16.9 Å². The number of nitrogens with zero attached hydrogens (tertiary/aromatic N) is 3. The van der Waals surface area contributed by atoms with Gasteiger partial charge in [0, 0.05) is 41.8 Å². The molecule has 0 radical (unpaired) electrons. The van der Waals surface area contributed by atoms with E-state index in [1.807, 2.05) is 37.6 Å². The average molecular weight is 276 g/mol. The van der Waals surface area contributed by atoms with Crippen LogP contribution in [0, 0.1) is 0 Å². The number of H-pyrrole nitrogens is 1. The Balaban J connectivity index is 2.07. The maximum absolute atomic E-state index is 11.6. The number of nitrogens with one attached hydrogen (secondary N) is 1. The van der Waals surface area contributed by atoms with Gasteiger partial charge in [-0.05, 0) is 23.8 Å². The summed E-state index contributed by atoms with van der Waals surface area (Å²) in [5.41, 5.74) is 3.65. The molecule has 3 aromatic heterocycles. The Morgan fingerprint density at radius 1 is 1.10 bits per heavy atom. The van der Waals surface area contributed by atoms with Crippen LogP contribution < -0.4 is 5.56 Å². The lowest BCUT2D eigenvalue weighted by molar-refractivity contribution is 0.768. The first-order valence-corrected chi connectivity index (χ1v) is 6.61. The summed E-state index contributed by atoms with van der Waals surface area (Å²) in [6.45, 7) is 0. The molecule has 5 heteroatoms. The highest BCUT2D eigenvalue weighted by molar-refractivity contribution is 6.04. The summed E-state index contributed by atoms with van der Waals surface area (Å²) in [6.07, 6.45) is 5.56. The topological polar surface area (TPSA) is 63.6 Å². The fourth-order valence-corrected chi connectivity index (χ4v) is 2.55. The summed E-state index contributed by atoms with van der Waals surface area (Å²) < 4.78 is 1.77. The lowest BCUT2D eigenvalue weighted by atomic mass is 10.0. The summed E-state index contributed by atoms with van der Waals surface area (Å²) in [5.74, 6) is 0. The lowest BCUT2D eigenvalue weighted by Gasteiger charge is -2.05. The van der Waals surface area contributed by atoms with E-state index in [-0.39, 0.29) is 5.56 Å². The van der Waals surface area contributed by atoms with Gasteiger partial charge in [-0.1, -0.05) is 6.07 Å². The molecule has 0 atom stereocenters. The maximum atomic E-state index is 11.6. The Labute approximate surface area is 119 Å². The molecule has 5 nitrogen and oxygen atoms in total. The van der Waals surface area contributed by atoms with Crippen molar-refractivity contribution in [3.63, 3.8) is 0 Å². The molecule has 0 unspecified atom stereocenters. The van der Waals surface area contributed by atoms with Gasteiger partial charge in [0.05, 0.1) is 17.2 Å². The van der Waals surface area contributed by atoms with Crippen LogP contribution in [0.1, 0.15) is 0 Å². The van der Waals surface area contributed by atoms with Crippen molar-refractivity contribution in [3.8, 4) is 11.1 Å². The van der Waals surface area contributed by atoms with E-state index in [0.29, 0.717) is 0 Å². The van der Waals surface area contributed by atoms with Crippen LogP contribution in [-0.4, -0.2) is 19.7 Å². The number of aromatic nitrogens is 4. The molecule has 0 saturated carbocycles. The third kappa shape index (κ3) is 1.90. The number of aromatic amines is 1. The fourth-order valence-electron chi connectivity index (χ4n) is 2.55. The van der Waals surface area contributed by atoms with Crippen LogP contribution in [0.4, 0.5) is 0 Å². The molecule has 4 aromatic rings. The molecule has 1 N–H and O–H groups in total. The van der Waals surface area contributed by atoms with E-state index < -0.39 is 0 Å². The van der Waals surface area contributed by atoms with Gasteiger partial charge in [0.15, 0.2) is 0 Å². The minimum Gasteiger partial charge on any atom is -0.321 e. The van der Waals surface area contributed by atoms with Gasteiger partial charge in [0.25, 0.3) is 0 Å². The molecule has 21 heavy (non-hydrogen) atoms. The second-order valence-corrected chi connectivity index (χ2v) is 5.05. The van der Waals surface area contributed by atoms with Crippen LogP contribution >= 0.6 is 0 Å². The van der Waals surface area contributed by atoms with Crippen molar-refractivity contribution < 1.29 is 0 Å². The molecule has 0 aliphatic rings. The number of hydrogen-bond donors (Lipinski definition) is 1. The quantitative estimate of drug-likeness (QED) is 0.543. The van der Waals surface area contributed by atoms with Crippen molar-refractivity contribution in [2.24, 2.45) is 7.05 Å². The van der Waals surface area contributed by atoms with Gasteiger partial charge in [-0.15, -0.1) is 0 Å². The first-order valence-electron chi connectivity index (χ1n) is 6.61. The molecule has 4 rings (SSSR count). The largest absolute Gasteiger partial charge is 0.321 e. The van der Waals surface area contributed by atoms with Gasteiger partial charge < -0.3 is 4.98 Å². The minimum absolute atomic E-state index is 0.109. The van der Waals surface area contributed by atoms with E-state index in [1.165, 1.54) is 6.07 Å². The monoisotopic (exact) mass is 276 g/mol. The molecular formula is C16H12N4O. The highest BCUT2D eigenvalue weighted by atomic mass is 16.1. The third-order valence-electron chi connectivity index (χ3n) is 3.60. The van der Waals surface area contributed by atoms with E-state index in [2.05, 4.69) is 15.1 Å². The Hall–Kier alpha value is -2.95. The summed E-state index contributed by atoms with van der Waals surface area (Å²) in [7, 11) is 1.89. The van der Waals surface area contributed by atoms with Gasteiger partial charge in [-0.25, -0.2) is 0 Å². The molecule has 0 amide bonds. The molecular weight excluding hydrogens is 264 g/mol. The van der Waals surface area contributed by atoms with Crippen molar-refractivity contribution in [2.45, 2.75) is 0 Å². The zero-order valence-electron chi connectivity index (χ0n) is 11.4. The highest BCUT2D eigenvalue weighted by Crippen LogP contribution is 2.26.